The molecule has 0 unspecified atom stereocenters. The molecule has 0 aliphatic heterocycles. The zero-order valence-corrected chi connectivity index (χ0v) is 8.86. The van der Waals surface area contributed by atoms with Crippen molar-refractivity contribution in [2.75, 3.05) is 5.32 Å². The van der Waals surface area contributed by atoms with Crippen LogP contribution in [0.2, 0.25) is 0 Å². The monoisotopic (exact) mass is 209 g/mol. The van der Waals surface area contributed by atoms with Crippen molar-refractivity contribution in [1.82, 2.24) is 0 Å². The van der Waals surface area contributed by atoms with Crippen LogP contribution in [0.25, 0.3) is 0 Å². The smallest absolute Gasteiger partial charge is 0.312 e. The summed E-state index contributed by atoms with van der Waals surface area (Å²) in [5, 5.41) is 10.8. The third-order valence-corrected chi connectivity index (χ3v) is 1.37. The Labute approximate surface area is 88.9 Å². The van der Waals surface area contributed by atoms with E-state index >= 15 is 0 Å². The van der Waals surface area contributed by atoms with Crippen molar-refractivity contribution < 1.29 is 14.7 Å². The van der Waals surface area contributed by atoms with E-state index in [9.17, 15) is 9.59 Å². The number of hydrogen-bond donors (Lipinski definition) is 2. The van der Waals surface area contributed by atoms with Crippen LogP contribution in [0.4, 0.5) is 5.69 Å². The van der Waals surface area contributed by atoms with Crippen LogP contribution in [-0.2, 0) is 9.59 Å². The molecule has 1 amide bonds. The molecule has 1 aromatic rings. The minimum absolute atomic E-state index is 0.505. The summed E-state index contributed by atoms with van der Waals surface area (Å²) in [6, 6.07) is 8.72. The Balaban J connectivity index is 0.000000921. The summed E-state index contributed by atoms with van der Waals surface area (Å²) in [4.78, 5) is 21.1. The molecule has 4 heteroatoms. The van der Waals surface area contributed by atoms with E-state index in [1.807, 2.05) is 19.9 Å². The molecule has 1 rings (SSSR count). The van der Waals surface area contributed by atoms with Gasteiger partial charge in [-0.05, 0) is 12.1 Å². The molecule has 0 saturated carbocycles. The molecule has 0 spiro atoms. The molecule has 0 bridgehead atoms. The highest BCUT2D eigenvalue weighted by molar-refractivity contribution is 6.01. The first-order valence-corrected chi connectivity index (χ1v) is 4.75. The fourth-order valence-electron chi connectivity index (χ4n) is 0.864. The molecule has 0 saturated heterocycles. The van der Waals surface area contributed by atoms with Crippen LogP contribution in [0.3, 0.4) is 0 Å². The highest BCUT2D eigenvalue weighted by Crippen LogP contribution is 2.04. The lowest BCUT2D eigenvalue weighted by Crippen LogP contribution is -2.15. The first-order chi connectivity index (χ1) is 7.18. The SMILES string of the molecule is CC.O=C(O)CC(=O)Nc1ccccc1. The van der Waals surface area contributed by atoms with E-state index in [1.54, 1.807) is 24.3 Å². The summed E-state index contributed by atoms with van der Waals surface area (Å²) >= 11 is 0. The highest BCUT2D eigenvalue weighted by atomic mass is 16.4. The fourth-order valence-corrected chi connectivity index (χ4v) is 0.864. The van der Waals surface area contributed by atoms with E-state index in [4.69, 9.17) is 5.11 Å². The summed E-state index contributed by atoms with van der Waals surface area (Å²) < 4.78 is 0. The van der Waals surface area contributed by atoms with Crippen molar-refractivity contribution in [3.05, 3.63) is 30.3 Å². The fraction of sp³-hybridized carbons (Fsp3) is 0.273. The quantitative estimate of drug-likeness (QED) is 0.749. The molecule has 0 aliphatic rings. The molecular formula is C11H15NO3. The number of anilines is 1. The first kappa shape index (κ1) is 13.2. The van der Waals surface area contributed by atoms with Crippen molar-refractivity contribution >= 4 is 17.6 Å². The maximum absolute atomic E-state index is 10.9. The Bertz CT molecular complexity index is 309. The van der Waals surface area contributed by atoms with Crippen LogP contribution >= 0.6 is 0 Å². The number of carbonyl (C=O) groups is 2. The molecule has 0 fully saturated rings. The van der Waals surface area contributed by atoms with E-state index < -0.39 is 18.3 Å². The van der Waals surface area contributed by atoms with Gasteiger partial charge in [0.25, 0.3) is 0 Å². The molecule has 2 N–H and O–H groups in total. The molecule has 0 atom stereocenters. The maximum atomic E-state index is 10.9. The Kier molecular flexibility index (Phi) is 6.63. The number of aliphatic carboxylic acids is 1. The molecular weight excluding hydrogens is 194 g/mol. The lowest BCUT2D eigenvalue weighted by atomic mass is 10.3. The zero-order chi connectivity index (χ0) is 11.7. The first-order valence-electron chi connectivity index (χ1n) is 4.75. The Morgan fingerprint density at radius 2 is 1.73 bits per heavy atom. The lowest BCUT2D eigenvalue weighted by Gasteiger charge is -2.01. The van der Waals surface area contributed by atoms with E-state index in [1.165, 1.54) is 0 Å². The van der Waals surface area contributed by atoms with Crippen LogP contribution in [0, 0.1) is 0 Å². The number of benzene rings is 1. The molecule has 4 nitrogen and oxygen atoms in total. The van der Waals surface area contributed by atoms with Gasteiger partial charge in [0.1, 0.15) is 6.42 Å². The minimum Gasteiger partial charge on any atom is -0.481 e. The molecule has 0 heterocycles. The number of rotatable bonds is 3. The topological polar surface area (TPSA) is 66.4 Å². The second-order valence-electron chi connectivity index (χ2n) is 2.48. The van der Waals surface area contributed by atoms with Crippen LogP contribution in [0.15, 0.2) is 30.3 Å². The molecule has 82 valence electrons. The summed E-state index contributed by atoms with van der Waals surface area (Å²) in [7, 11) is 0. The average Bonchev–Trinajstić information content (AvgIpc) is 2.21. The average molecular weight is 209 g/mol. The second-order valence-corrected chi connectivity index (χ2v) is 2.48. The van der Waals surface area contributed by atoms with Gasteiger partial charge in [0.15, 0.2) is 0 Å². The number of nitrogens with one attached hydrogen (secondary N) is 1. The molecule has 0 aliphatic carbocycles. The van der Waals surface area contributed by atoms with Gasteiger partial charge >= 0.3 is 5.97 Å². The number of carbonyl (C=O) groups excluding carboxylic acids is 1. The number of carboxylic acids is 1. The number of para-hydroxylation sites is 1. The van der Waals surface area contributed by atoms with Crippen molar-refractivity contribution in [1.29, 1.82) is 0 Å². The van der Waals surface area contributed by atoms with Gasteiger partial charge in [0.05, 0.1) is 0 Å². The van der Waals surface area contributed by atoms with Gasteiger partial charge in [-0.15, -0.1) is 0 Å². The summed E-state index contributed by atoms with van der Waals surface area (Å²) in [5.74, 6) is -1.65. The lowest BCUT2D eigenvalue weighted by molar-refractivity contribution is -0.139. The zero-order valence-electron chi connectivity index (χ0n) is 8.86. The van der Waals surface area contributed by atoms with E-state index in [-0.39, 0.29) is 0 Å². The summed E-state index contributed by atoms with van der Waals surface area (Å²) in [5.41, 5.74) is 0.605. The predicted octanol–water partition coefficient (Wildman–Crippen LogP) is 2.13. The standard InChI is InChI=1S/C9H9NO3.C2H6/c11-8(6-9(12)13)10-7-4-2-1-3-5-7;1-2/h1-5H,6H2,(H,10,11)(H,12,13);1-2H3. The van der Waals surface area contributed by atoms with E-state index in [0.717, 1.165) is 0 Å². The van der Waals surface area contributed by atoms with Gasteiger partial charge in [-0.25, -0.2) is 0 Å². The largest absolute Gasteiger partial charge is 0.481 e. The van der Waals surface area contributed by atoms with Gasteiger partial charge in [-0.3, -0.25) is 9.59 Å². The third-order valence-electron chi connectivity index (χ3n) is 1.37. The van der Waals surface area contributed by atoms with Gasteiger partial charge in [0.2, 0.25) is 5.91 Å². The predicted molar refractivity (Wildman–Crippen MR) is 58.7 cm³/mol. The number of hydrogen-bond acceptors (Lipinski definition) is 2. The van der Waals surface area contributed by atoms with Crippen LogP contribution in [0.1, 0.15) is 20.3 Å². The minimum atomic E-state index is -1.13. The number of carboxylic acid groups (broad SMARTS) is 1. The number of amides is 1. The third kappa shape index (κ3) is 6.26. The van der Waals surface area contributed by atoms with Gasteiger partial charge in [-0.2, -0.15) is 0 Å². The van der Waals surface area contributed by atoms with E-state index in [0.29, 0.717) is 5.69 Å². The van der Waals surface area contributed by atoms with Crippen LogP contribution in [0.5, 0.6) is 0 Å². The van der Waals surface area contributed by atoms with Gasteiger partial charge in [-0.1, -0.05) is 32.0 Å². The summed E-state index contributed by atoms with van der Waals surface area (Å²) in [6.45, 7) is 4.00. The Morgan fingerprint density at radius 3 is 2.20 bits per heavy atom. The van der Waals surface area contributed by atoms with Gasteiger partial charge in [0, 0.05) is 5.69 Å². The Hall–Kier alpha value is -1.84. The van der Waals surface area contributed by atoms with Crippen LogP contribution < -0.4 is 5.32 Å². The Morgan fingerprint density at radius 1 is 1.20 bits per heavy atom. The molecule has 1 aromatic carbocycles. The van der Waals surface area contributed by atoms with Crippen molar-refractivity contribution in [2.24, 2.45) is 0 Å². The van der Waals surface area contributed by atoms with Crippen LogP contribution in [-0.4, -0.2) is 17.0 Å². The highest BCUT2D eigenvalue weighted by Gasteiger charge is 2.06. The van der Waals surface area contributed by atoms with Crippen molar-refractivity contribution in [3.8, 4) is 0 Å². The van der Waals surface area contributed by atoms with Crippen molar-refractivity contribution in [3.63, 3.8) is 0 Å². The van der Waals surface area contributed by atoms with E-state index in [2.05, 4.69) is 5.32 Å². The molecule has 0 radical (unpaired) electrons. The second kappa shape index (κ2) is 7.55. The molecule has 15 heavy (non-hydrogen) atoms. The molecule has 0 aromatic heterocycles. The normalized spacial score (nSPS) is 8.40. The summed E-state index contributed by atoms with van der Waals surface area (Å²) in [6.07, 6.45) is -0.505. The van der Waals surface area contributed by atoms with Crippen molar-refractivity contribution in [2.45, 2.75) is 20.3 Å². The maximum Gasteiger partial charge on any atom is 0.312 e. The van der Waals surface area contributed by atoms with Gasteiger partial charge < -0.3 is 10.4 Å².